The Hall–Kier alpha value is -3.87. The van der Waals surface area contributed by atoms with Crippen LogP contribution in [0.1, 0.15) is 34.2 Å². The van der Waals surface area contributed by atoms with E-state index in [1.54, 1.807) is 30.5 Å². The second-order valence-corrected chi connectivity index (χ2v) is 6.97. The van der Waals surface area contributed by atoms with Gasteiger partial charge in [0.25, 0.3) is 5.91 Å². The van der Waals surface area contributed by atoms with E-state index in [4.69, 9.17) is 4.74 Å². The Balaban J connectivity index is 1.44. The predicted molar refractivity (Wildman–Crippen MR) is 115 cm³/mol. The smallest absolute Gasteiger partial charge is 0.259 e. The molecule has 152 valence electrons. The number of hydrogen-bond acceptors (Lipinski definition) is 4. The van der Waals surface area contributed by atoms with Crippen LogP contribution in [0.25, 0.3) is 0 Å². The van der Waals surface area contributed by atoms with Gasteiger partial charge in [0.15, 0.2) is 0 Å². The molecule has 0 aliphatic carbocycles. The summed E-state index contributed by atoms with van der Waals surface area (Å²) in [5, 5.41) is 14.2. The van der Waals surface area contributed by atoms with E-state index in [-0.39, 0.29) is 5.91 Å². The normalized spacial score (nSPS) is 10.7. The van der Waals surface area contributed by atoms with Gasteiger partial charge in [-0.3, -0.25) is 14.6 Å². The lowest BCUT2D eigenvalue weighted by Gasteiger charge is -2.09. The monoisotopic (exact) mass is 401 g/mol. The molecule has 4 aromatic rings. The first-order valence-electron chi connectivity index (χ1n) is 9.82. The zero-order chi connectivity index (χ0) is 20.9. The maximum Gasteiger partial charge on any atom is 0.259 e. The van der Waals surface area contributed by atoms with Gasteiger partial charge in [-0.25, -0.2) is 0 Å². The highest BCUT2D eigenvalue weighted by molar-refractivity contribution is 6.05. The van der Waals surface area contributed by atoms with Gasteiger partial charge in [0, 0.05) is 17.4 Å². The molecule has 0 aliphatic rings. The van der Waals surface area contributed by atoms with Crippen molar-refractivity contribution < 1.29 is 9.53 Å². The number of aromatic amines is 1. The van der Waals surface area contributed by atoms with Gasteiger partial charge in [-0.05, 0) is 43.2 Å². The topological polar surface area (TPSA) is 84.8 Å². The van der Waals surface area contributed by atoms with Crippen molar-refractivity contribution >= 4 is 11.6 Å². The van der Waals surface area contributed by atoms with Crippen molar-refractivity contribution in [1.29, 1.82) is 0 Å². The number of hydrogen-bond donors (Lipinski definition) is 2. The fourth-order valence-electron chi connectivity index (χ4n) is 3.24. The molecule has 0 bridgehead atoms. The van der Waals surface area contributed by atoms with E-state index in [0.717, 1.165) is 17.0 Å². The van der Waals surface area contributed by atoms with Gasteiger partial charge in [0.1, 0.15) is 5.75 Å². The highest BCUT2D eigenvalue weighted by atomic mass is 16.5. The molecule has 0 spiro atoms. The fourth-order valence-corrected chi connectivity index (χ4v) is 3.24. The molecular weight excluding hydrogens is 378 g/mol. The summed E-state index contributed by atoms with van der Waals surface area (Å²) in [4.78, 5) is 12.8. The Morgan fingerprint density at radius 1 is 1.13 bits per heavy atom. The molecule has 0 unspecified atom stereocenters. The molecule has 2 heterocycles. The first-order chi connectivity index (χ1) is 14.6. The number of carbonyl (C=O) groups excluding carboxylic acids is 1. The van der Waals surface area contributed by atoms with E-state index >= 15 is 0 Å². The summed E-state index contributed by atoms with van der Waals surface area (Å²) in [6.07, 6.45) is 2.35. The van der Waals surface area contributed by atoms with Gasteiger partial charge in [0.05, 0.1) is 24.0 Å². The summed E-state index contributed by atoms with van der Waals surface area (Å²) in [5.74, 6) is 0.967. The van der Waals surface area contributed by atoms with Gasteiger partial charge in [-0.2, -0.15) is 5.10 Å². The summed E-state index contributed by atoms with van der Waals surface area (Å²) >= 11 is 0. The van der Waals surface area contributed by atoms with Crippen LogP contribution in [0.5, 0.6) is 11.6 Å². The van der Waals surface area contributed by atoms with Crippen molar-refractivity contribution in [2.24, 2.45) is 0 Å². The van der Waals surface area contributed by atoms with E-state index < -0.39 is 0 Å². The number of nitrogens with zero attached hydrogens (tertiary/aromatic N) is 3. The molecule has 7 nitrogen and oxygen atoms in total. The van der Waals surface area contributed by atoms with Crippen LogP contribution in [0.2, 0.25) is 0 Å². The van der Waals surface area contributed by atoms with Crippen molar-refractivity contribution in [3.05, 3.63) is 89.4 Å². The first-order valence-corrected chi connectivity index (χ1v) is 9.82. The van der Waals surface area contributed by atoms with E-state index in [2.05, 4.69) is 32.7 Å². The van der Waals surface area contributed by atoms with E-state index in [1.807, 2.05) is 42.8 Å². The number of H-pyrrole nitrogens is 1. The zero-order valence-corrected chi connectivity index (χ0v) is 16.9. The number of aryl methyl sites for hydroxylation is 1. The Morgan fingerprint density at radius 2 is 1.90 bits per heavy atom. The largest absolute Gasteiger partial charge is 0.438 e. The summed E-state index contributed by atoms with van der Waals surface area (Å²) in [6, 6.07) is 19.1. The first kappa shape index (κ1) is 19.4. The van der Waals surface area contributed by atoms with Crippen LogP contribution < -0.4 is 10.1 Å². The fraction of sp³-hybridized carbons (Fsp3) is 0.174. The quantitative estimate of drug-likeness (QED) is 0.475. The molecular formula is C23H23N5O2. The van der Waals surface area contributed by atoms with Crippen LogP contribution in [0.4, 0.5) is 5.69 Å². The van der Waals surface area contributed by atoms with Gasteiger partial charge >= 0.3 is 0 Å². The highest BCUT2D eigenvalue weighted by Crippen LogP contribution is 2.22. The number of anilines is 1. The van der Waals surface area contributed by atoms with Gasteiger partial charge in [0.2, 0.25) is 5.88 Å². The van der Waals surface area contributed by atoms with E-state index in [1.165, 1.54) is 0 Å². The van der Waals surface area contributed by atoms with E-state index in [0.29, 0.717) is 35.8 Å². The number of aromatic nitrogens is 4. The third-order valence-electron chi connectivity index (χ3n) is 4.72. The molecule has 0 radical (unpaired) electrons. The van der Waals surface area contributed by atoms with Crippen LogP contribution >= 0.6 is 0 Å². The molecule has 2 N–H and O–H groups in total. The Bertz CT molecular complexity index is 1130. The second kappa shape index (κ2) is 8.65. The molecule has 0 aliphatic heterocycles. The van der Waals surface area contributed by atoms with Crippen molar-refractivity contribution in [2.45, 2.75) is 26.8 Å². The Labute approximate surface area is 174 Å². The molecule has 0 saturated heterocycles. The average Bonchev–Trinajstić information content (AvgIpc) is 3.35. The molecule has 0 atom stereocenters. The van der Waals surface area contributed by atoms with Crippen LogP contribution in [0.15, 0.2) is 66.9 Å². The summed E-state index contributed by atoms with van der Waals surface area (Å²) in [6.45, 7) is 4.57. The summed E-state index contributed by atoms with van der Waals surface area (Å²) < 4.78 is 7.55. The molecule has 1 amide bonds. The Kier molecular flexibility index (Phi) is 5.61. The van der Waals surface area contributed by atoms with Gasteiger partial charge in [-0.1, -0.05) is 37.3 Å². The van der Waals surface area contributed by atoms with Gasteiger partial charge in [-0.15, -0.1) is 5.10 Å². The maximum absolute atomic E-state index is 12.8. The lowest BCUT2D eigenvalue weighted by molar-refractivity contribution is 0.102. The molecule has 2 aromatic carbocycles. The van der Waals surface area contributed by atoms with Crippen molar-refractivity contribution in [2.75, 3.05) is 5.32 Å². The highest BCUT2D eigenvalue weighted by Gasteiger charge is 2.16. The molecule has 0 fully saturated rings. The van der Waals surface area contributed by atoms with Crippen LogP contribution in [0, 0.1) is 6.92 Å². The number of carbonyl (C=O) groups is 1. The standard InChI is InChI=1S/C23H23N5O2/c1-3-21-20(14-24-28(21)15-17-7-5-4-6-8-17)23(29)25-18-9-11-19(12-10-18)30-22-13-16(2)26-27-22/h4-14H,3,15H2,1-2H3,(H,25,29)(H,26,27). The minimum absolute atomic E-state index is 0.178. The third-order valence-corrected chi connectivity index (χ3v) is 4.72. The lowest BCUT2D eigenvalue weighted by atomic mass is 10.1. The molecule has 4 rings (SSSR count). The van der Waals surface area contributed by atoms with Crippen molar-refractivity contribution in [1.82, 2.24) is 20.0 Å². The predicted octanol–water partition coefficient (Wildman–Crippen LogP) is 4.57. The summed E-state index contributed by atoms with van der Waals surface area (Å²) in [5.41, 5.74) is 4.24. The SMILES string of the molecule is CCc1c(C(=O)Nc2ccc(Oc3cc(C)[nH]n3)cc2)cnn1Cc1ccccc1. The number of amides is 1. The van der Waals surface area contributed by atoms with Crippen molar-refractivity contribution in [3.63, 3.8) is 0 Å². The Morgan fingerprint density at radius 3 is 2.57 bits per heavy atom. The van der Waals surface area contributed by atoms with Crippen LogP contribution in [-0.2, 0) is 13.0 Å². The van der Waals surface area contributed by atoms with Gasteiger partial charge < -0.3 is 10.1 Å². The third kappa shape index (κ3) is 4.41. The number of ether oxygens (including phenoxy) is 1. The second-order valence-electron chi connectivity index (χ2n) is 6.97. The summed E-state index contributed by atoms with van der Waals surface area (Å²) in [7, 11) is 0. The molecule has 7 heteroatoms. The van der Waals surface area contributed by atoms with E-state index in [9.17, 15) is 4.79 Å². The lowest BCUT2D eigenvalue weighted by Crippen LogP contribution is -2.15. The van der Waals surface area contributed by atoms with Crippen molar-refractivity contribution in [3.8, 4) is 11.6 Å². The number of rotatable bonds is 7. The number of nitrogens with one attached hydrogen (secondary N) is 2. The molecule has 30 heavy (non-hydrogen) atoms. The zero-order valence-electron chi connectivity index (χ0n) is 16.9. The number of benzene rings is 2. The maximum atomic E-state index is 12.8. The average molecular weight is 401 g/mol. The molecule has 2 aromatic heterocycles. The van der Waals surface area contributed by atoms with Crippen LogP contribution in [-0.4, -0.2) is 25.9 Å². The minimum atomic E-state index is -0.178. The minimum Gasteiger partial charge on any atom is -0.438 e. The molecule has 0 saturated carbocycles. The van der Waals surface area contributed by atoms with Crippen LogP contribution in [0.3, 0.4) is 0 Å².